The number of imidazole rings is 1. The number of hydrogen-bond donors (Lipinski definition) is 0. The molecular weight excluding hydrogens is 396 g/mol. The highest BCUT2D eigenvalue weighted by molar-refractivity contribution is 5.76. The van der Waals surface area contributed by atoms with Crippen LogP contribution in [0.25, 0.3) is 11.2 Å². The molecule has 9 heteroatoms. The lowest BCUT2D eigenvalue weighted by Gasteiger charge is -2.21. The summed E-state index contributed by atoms with van der Waals surface area (Å²) in [5.41, 5.74) is 1.34. The highest BCUT2D eigenvalue weighted by atomic mass is 16.2. The van der Waals surface area contributed by atoms with Crippen molar-refractivity contribution in [2.45, 2.75) is 25.9 Å². The molecule has 2 heterocycles. The fraction of sp³-hybridized carbons (Fsp3) is 0.318. The van der Waals surface area contributed by atoms with E-state index in [2.05, 4.69) is 17.6 Å². The number of nitriles is 1. The van der Waals surface area contributed by atoms with E-state index in [-0.39, 0.29) is 12.3 Å². The van der Waals surface area contributed by atoms with E-state index in [0.717, 1.165) is 10.1 Å². The summed E-state index contributed by atoms with van der Waals surface area (Å²) in [5.74, 6) is -0.0333. The second-order valence-electron chi connectivity index (χ2n) is 7.29. The highest BCUT2D eigenvalue weighted by Gasteiger charge is 2.16. The zero-order valence-electron chi connectivity index (χ0n) is 17.6. The van der Waals surface area contributed by atoms with Gasteiger partial charge in [0.15, 0.2) is 11.2 Å². The summed E-state index contributed by atoms with van der Waals surface area (Å²) in [4.78, 5) is 43.2. The lowest BCUT2D eigenvalue weighted by Crippen LogP contribution is -2.37. The topological polar surface area (TPSA) is 106 Å². The van der Waals surface area contributed by atoms with Crippen LogP contribution in [-0.2, 0) is 32.0 Å². The first kappa shape index (κ1) is 21.8. The Hall–Kier alpha value is -3.93. The molecule has 0 radical (unpaired) electrons. The lowest BCUT2D eigenvalue weighted by atomic mass is 10.1. The minimum Gasteiger partial charge on any atom is -0.335 e. The number of rotatable bonds is 8. The normalized spacial score (nSPS) is 10.7. The molecule has 0 saturated heterocycles. The van der Waals surface area contributed by atoms with Gasteiger partial charge in [-0.3, -0.25) is 18.7 Å². The molecule has 0 aliphatic heterocycles. The van der Waals surface area contributed by atoms with Crippen molar-refractivity contribution in [3.63, 3.8) is 0 Å². The van der Waals surface area contributed by atoms with Gasteiger partial charge in [0.25, 0.3) is 5.56 Å². The number of amides is 1. The SMILES string of the molecule is C=CCN(Cc1ccc(C#N)cc1)C(=O)CCCn1cnc2c1c(=O)n(C)c(=O)n2C. The fourth-order valence-corrected chi connectivity index (χ4v) is 3.44. The number of fused-ring (bicyclic) bond motifs is 1. The number of aryl methyl sites for hydroxylation is 2. The number of nitrogens with zero attached hydrogens (tertiary/aromatic N) is 6. The Balaban J connectivity index is 1.69. The molecule has 160 valence electrons. The van der Waals surface area contributed by atoms with E-state index >= 15 is 0 Å². The maximum absolute atomic E-state index is 12.8. The summed E-state index contributed by atoms with van der Waals surface area (Å²) in [6.45, 7) is 4.99. The van der Waals surface area contributed by atoms with Gasteiger partial charge in [-0.05, 0) is 24.1 Å². The first-order valence-electron chi connectivity index (χ1n) is 9.86. The van der Waals surface area contributed by atoms with Gasteiger partial charge in [-0.15, -0.1) is 6.58 Å². The molecule has 9 nitrogen and oxygen atoms in total. The molecule has 0 atom stereocenters. The van der Waals surface area contributed by atoms with Gasteiger partial charge in [0.2, 0.25) is 5.91 Å². The predicted octanol–water partition coefficient (Wildman–Crippen LogP) is 1.30. The van der Waals surface area contributed by atoms with Crippen LogP contribution in [0.2, 0.25) is 0 Å². The number of hydrogen-bond acceptors (Lipinski definition) is 5. The molecule has 3 aromatic rings. The van der Waals surface area contributed by atoms with E-state index in [1.54, 1.807) is 34.7 Å². The molecule has 0 bridgehead atoms. The van der Waals surface area contributed by atoms with Crippen molar-refractivity contribution in [1.82, 2.24) is 23.6 Å². The molecule has 2 aromatic heterocycles. The minimum atomic E-state index is -0.430. The molecule has 3 rings (SSSR count). The molecule has 0 spiro atoms. The largest absolute Gasteiger partial charge is 0.335 e. The summed E-state index contributed by atoms with van der Waals surface area (Å²) in [6.07, 6.45) is 4.00. The van der Waals surface area contributed by atoms with Crippen LogP contribution in [0.3, 0.4) is 0 Å². The van der Waals surface area contributed by atoms with E-state index in [1.807, 2.05) is 12.1 Å². The van der Waals surface area contributed by atoms with Crippen molar-refractivity contribution in [2.75, 3.05) is 6.54 Å². The van der Waals surface area contributed by atoms with Crippen LogP contribution in [0.4, 0.5) is 0 Å². The Kier molecular flexibility index (Phi) is 6.50. The van der Waals surface area contributed by atoms with E-state index in [0.29, 0.717) is 42.8 Å². The zero-order valence-corrected chi connectivity index (χ0v) is 17.6. The standard InChI is InChI=1S/C22H24N6O3/c1-4-11-27(14-17-9-7-16(13-23)8-10-17)18(29)6-5-12-28-15-24-20-19(28)21(30)26(3)22(31)25(20)2/h4,7-10,15H,1,5-6,11-12,14H2,2-3H3. The molecular formula is C22H24N6O3. The molecule has 0 fully saturated rings. The summed E-state index contributed by atoms with van der Waals surface area (Å²) >= 11 is 0. The third-order valence-electron chi connectivity index (χ3n) is 5.17. The average Bonchev–Trinajstić information content (AvgIpc) is 3.20. The number of carbonyl (C=O) groups is 1. The Morgan fingerprint density at radius 1 is 1.23 bits per heavy atom. The average molecular weight is 420 g/mol. The molecule has 1 amide bonds. The van der Waals surface area contributed by atoms with E-state index in [9.17, 15) is 14.4 Å². The highest BCUT2D eigenvalue weighted by Crippen LogP contribution is 2.11. The second-order valence-corrected chi connectivity index (χ2v) is 7.29. The molecule has 1 aromatic carbocycles. The molecule has 31 heavy (non-hydrogen) atoms. The van der Waals surface area contributed by atoms with Gasteiger partial charge >= 0.3 is 5.69 Å². The van der Waals surface area contributed by atoms with Gasteiger partial charge < -0.3 is 9.47 Å². The van der Waals surface area contributed by atoms with Gasteiger partial charge in [-0.2, -0.15) is 5.26 Å². The van der Waals surface area contributed by atoms with Crippen molar-refractivity contribution in [1.29, 1.82) is 5.26 Å². The van der Waals surface area contributed by atoms with Crippen LogP contribution in [0.15, 0.2) is 52.8 Å². The van der Waals surface area contributed by atoms with Crippen molar-refractivity contribution < 1.29 is 4.79 Å². The number of carbonyl (C=O) groups excluding carboxylic acids is 1. The van der Waals surface area contributed by atoms with Crippen molar-refractivity contribution >= 4 is 17.1 Å². The summed E-state index contributed by atoms with van der Waals surface area (Å²) in [7, 11) is 3.00. The molecule has 0 aliphatic rings. The smallest absolute Gasteiger partial charge is 0.332 e. The Morgan fingerprint density at radius 2 is 1.94 bits per heavy atom. The Labute approximate surface area is 179 Å². The van der Waals surface area contributed by atoms with E-state index < -0.39 is 11.2 Å². The molecule has 0 aliphatic carbocycles. The van der Waals surface area contributed by atoms with Crippen molar-refractivity contribution in [2.24, 2.45) is 14.1 Å². The van der Waals surface area contributed by atoms with Gasteiger partial charge in [0, 0.05) is 40.2 Å². The first-order chi connectivity index (χ1) is 14.9. The lowest BCUT2D eigenvalue weighted by molar-refractivity contribution is -0.131. The van der Waals surface area contributed by atoms with E-state index in [4.69, 9.17) is 5.26 Å². The van der Waals surface area contributed by atoms with Crippen LogP contribution >= 0.6 is 0 Å². The van der Waals surface area contributed by atoms with Gasteiger partial charge in [-0.1, -0.05) is 18.2 Å². The Morgan fingerprint density at radius 3 is 2.58 bits per heavy atom. The zero-order chi connectivity index (χ0) is 22.5. The van der Waals surface area contributed by atoms with E-state index in [1.165, 1.54) is 17.9 Å². The summed E-state index contributed by atoms with van der Waals surface area (Å²) in [6, 6.07) is 9.19. The number of aromatic nitrogens is 4. The van der Waals surface area contributed by atoms with Gasteiger partial charge in [0.1, 0.15) is 0 Å². The molecule has 0 N–H and O–H groups in total. The summed E-state index contributed by atoms with van der Waals surface area (Å²) in [5, 5.41) is 8.91. The monoisotopic (exact) mass is 420 g/mol. The first-order valence-corrected chi connectivity index (χ1v) is 9.86. The fourth-order valence-electron chi connectivity index (χ4n) is 3.44. The Bertz CT molecular complexity index is 1270. The minimum absolute atomic E-state index is 0.0333. The van der Waals surface area contributed by atoms with Crippen LogP contribution in [0.1, 0.15) is 24.0 Å². The van der Waals surface area contributed by atoms with Crippen LogP contribution in [0, 0.1) is 11.3 Å². The summed E-state index contributed by atoms with van der Waals surface area (Å²) < 4.78 is 4.07. The van der Waals surface area contributed by atoms with Gasteiger partial charge in [0.05, 0.1) is 18.0 Å². The van der Waals surface area contributed by atoms with Crippen molar-refractivity contribution in [3.05, 3.63) is 75.2 Å². The van der Waals surface area contributed by atoms with Crippen LogP contribution < -0.4 is 11.2 Å². The number of benzene rings is 1. The van der Waals surface area contributed by atoms with Gasteiger partial charge in [-0.25, -0.2) is 9.78 Å². The maximum atomic E-state index is 12.8. The van der Waals surface area contributed by atoms with Crippen LogP contribution in [-0.4, -0.2) is 36.0 Å². The second kappa shape index (κ2) is 9.26. The quantitative estimate of drug-likeness (QED) is 0.511. The van der Waals surface area contributed by atoms with Crippen molar-refractivity contribution in [3.8, 4) is 6.07 Å². The van der Waals surface area contributed by atoms with Crippen LogP contribution in [0.5, 0.6) is 0 Å². The predicted molar refractivity (Wildman–Crippen MR) is 116 cm³/mol. The molecule has 0 saturated carbocycles. The third-order valence-corrected chi connectivity index (χ3v) is 5.17. The maximum Gasteiger partial charge on any atom is 0.332 e. The third kappa shape index (κ3) is 4.48. The molecule has 0 unspecified atom stereocenters.